The molecule has 0 aliphatic heterocycles. The molecule has 8 nitrogen and oxygen atoms in total. The molecule has 3 aromatic heterocycles. The van der Waals surface area contributed by atoms with Gasteiger partial charge in [0, 0.05) is 25.1 Å². The van der Waals surface area contributed by atoms with Crippen LogP contribution in [0.25, 0.3) is 11.5 Å². The Morgan fingerprint density at radius 3 is 2.62 bits per heavy atom. The number of carbonyl (C=O) groups excluding carboxylic acids is 1. The molecule has 4 aromatic rings. The van der Waals surface area contributed by atoms with Crippen LogP contribution in [0.2, 0.25) is 0 Å². The summed E-state index contributed by atoms with van der Waals surface area (Å²) >= 11 is 0. The molecule has 1 aromatic carbocycles. The van der Waals surface area contributed by atoms with Crippen molar-refractivity contribution >= 4 is 11.6 Å². The third kappa shape index (κ3) is 4.31. The molecule has 0 bridgehead atoms. The number of rotatable bonds is 7. The van der Waals surface area contributed by atoms with Crippen LogP contribution < -0.4 is 5.32 Å². The fourth-order valence-electron chi connectivity index (χ4n) is 3.25. The van der Waals surface area contributed by atoms with Crippen LogP contribution >= 0.6 is 0 Å². The zero-order valence-corrected chi connectivity index (χ0v) is 16.5. The largest absolute Gasteiger partial charge is 0.352 e. The first-order chi connectivity index (χ1) is 14.1. The van der Waals surface area contributed by atoms with E-state index in [1.165, 1.54) is 0 Å². The molecule has 0 aliphatic rings. The normalized spacial score (nSPS) is 11.1. The van der Waals surface area contributed by atoms with E-state index in [4.69, 9.17) is 0 Å². The van der Waals surface area contributed by atoms with Gasteiger partial charge in [0.05, 0.1) is 5.69 Å². The van der Waals surface area contributed by atoms with Crippen LogP contribution in [0.5, 0.6) is 0 Å². The van der Waals surface area contributed by atoms with Gasteiger partial charge in [0.25, 0.3) is 0 Å². The van der Waals surface area contributed by atoms with E-state index in [1.54, 1.807) is 9.20 Å². The summed E-state index contributed by atoms with van der Waals surface area (Å²) in [6.07, 6.45) is 1.72. The van der Waals surface area contributed by atoms with E-state index in [1.807, 2.05) is 62.4 Å². The first kappa shape index (κ1) is 18.8. The zero-order valence-electron chi connectivity index (χ0n) is 16.5. The topological polar surface area (TPSA) is 90.0 Å². The van der Waals surface area contributed by atoms with E-state index in [-0.39, 0.29) is 5.91 Å². The Kier molecular flexibility index (Phi) is 5.33. The lowest BCUT2D eigenvalue weighted by atomic mass is 10.2. The Balaban J connectivity index is 1.38. The third-order valence-electron chi connectivity index (χ3n) is 4.68. The fourth-order valence-corrected chi connectivity index (χ4v) is 3.25. The second-order valence-electron chi connectivity index (χ2n) is 7.03. The summed E-state index contributed by atoms with van der Waals surface area (Å²) in [6.45, 7) is 4.49. The summed E-state index contributed by atoms with van der Waals surface area (Å²) in [7, 11) is 0. The third-order valence-corrected chi connectivity index (χ3v) is 4.68. The number of benzene rings is 1. The summed E-state index contributed by atoms with van der Waals surface area (Å²) in [6, 6.07) is 15.6. The minimum Gasteiger partial charge on any atom is -0.352 e. The first-order valence-corrected chi connectivity index (χ1v) is 9.66. The van der Waals surface area contributed by atoms with Crippen LogP contribution in [0.3, 0.4) is 0 Å². The molecular weight excluding hydrogens is 366 g/mol. The van der Waals surface area contributed by atoms with Gasteiger partial charge in [0.1, 0.15) is 0 Å². The Morgan fingerprint density at radius 2 is 1.86 bits per heavy atom. The molecule has 4 rings (SSSR count). The lowest BCUT2D eigenvalue weighted by Crippen LogP contribution is -2.22. The van der Waals surface area contributed by atoms with E-state index in [0.29, 0.717) is 37.3 Å². The predicted molar refractivity (Wildman–Crippen MR) is 109 cm³/mol. The molecule has 0 saturated carbocycles. The molecular formula is C21H23N7O. The number of aryl methyl sites for hydroxylation is 3. The molecule has 0 atom stereocenters. The van der Waals surface area contributed by atoms with Crippen LogP contribution in [0, 0.1) is 13.8 Å². The predicted octanol–water partition coefficient (Wildman–Crippen LogP) is 2.57. The van der Waals surface area contributed by atoms with Gasteiger partial charge in [0.2, 0.25) is 5.91 Å². The van der Waals surface area contributed by atoms with Crippen LogP contribution in [0.1, 0.15) is 35.6 Å². The van der Waals surface area contributed by atoms with Crippen LogP contribution in [-0.4, -0.2) is 35.5 Å². The number of aromatic nitrogens is 6. The van der Waals surface area contributed by atoms with E-state index >= 15 is 0 Å². The minimum absolute atomic E-state index is 0.0268. The summed E-state index contributed by atoms with van der Waals surface area (Å²) in [5.74, 6) is 1.47. The number of nitrogens with zero attached hydrogens (tertiary/aromatic N) is 6. The highest BCUT2D eigenvalue weighted by Crippen LogP contribution is 2.12. The summed E-state index contributed by atoms with van der Waals surface area (Å²) in [4.78, 5) is 12.1. The van der Waals surface area contributed by atoms with Gasteiger partial charge in [-0.3, -0.25) is 4.79 Å². The standard InChI is InChI=1S/C21H23N7O/c1-15-13-16(2)27(25-15)20-12-11-19-24-23-18(28(19)26-20)9-6-10-21(29)22-14-17-7-4-3-5-8-17/h3-5,7-8,11-13H,6,9-10,14H2,1-2H3,(H,22,29). The molecule has 0 spiro atoms. The maximum absolute atomic E-state index is 12.1. The van der Waals surface area contributed by atoms with Gasteiger partial charge in [0.15, 0.2) is 17.3 Å². The SMILES string of the molecule is Cc1cc(C)n(-c2ccc3nnc(CCCC(=O)NCc4ccccc4)n3n2)n1. The molecule has 0 aliphatic carbocycles. The van der Waals surface area contributed by atoms with Crippen molar-refractivity contribution in [1.29, 1.82) is 0 Å². The van der Waals surface area contributed by atoms with Crippen molar-refractivity contribution < 1.29 is 4.79 Å². The molecule has 0 radical (unpaired) electrons. The van der Waals surface area contributed by atoms with Gasteiger partial charge in [-0.25, -0.2) is 4.68 Å². The smallest absolute Gasteiger partial charge is 0.220 e. The highest BCUT2D eigenvalue weighted by atomic mass is 16.1. The number of nitrogens with one attached hydrogen (secondary N) is 1. The minimum atomic E-state index is 0.0268. The second kappa shape index (κ2) is 8.22. The molecule has 1 amide bonds. The first-order valence-electron chi connectivity index (χ1n) is 9.66. The number of amides is 1. The van der Waals surface area contributed by atoms with Crippen molar-refractivity contribution in [2.75, 3.05) is 0 Å². The van der Waals surface area contributed by atoms with Gasteiger partial charge < -0.3 is 5.32 Å². The summed E-state index contributed by atoms with van der Waals surface area (Å²) < 4.78 is 3.53. The van der Waals surface area contributed by atoms with Gasteiger partial charge in [-0.15, -0.1) is 15.3 Å². The van der Waals surface area contributed by atoms with Crippen molar-refractivity contribution in [3.63, 3.8) is 0 Å². The molecule has 0 unspecified atom stereocenters. The number of fused-ring (bicyclic) bond motifs is 1. The van der Waals surface area contributed by atoms with Crippen molar-refractivity contribution in [3.8, 4) is 5.82 Å². The van der Waals surface area contributed by atoms with Crippen molar-refractivity contribution in [2.45, 2.75) is 39.7 Å². The molecule has 1 N–H and O–H groups in total. The van der Waals surface area contributed by atoms with E-state index in [0.717, 1.165) is 22.8 Å². The highest BCUT2D eigenvalue weighted by Gasteiger charge is 2.11. The molecule has 0 saturated heterocycles. The van der Waals surface area contributed by atoms with E-state index in [9.17, 15) is 4.79 Å². The van der Waals surface area contributed by atoms with Crippen LogP contribution in [0.15, 0.2) is 48.5 Å². The maximum Gasteiger partial charge on any atom is 0.220 e. The highest BCUT2D eigenvalue weighted by molar-refractivity contribution is 5.75. The Bertz CT molecular complexity index is 1130. The van der Waals surface area contributed by atoms with Crippen molar-refractivity contribution in [3.05, 3.63) is 71.3 Å². The number of hydrogen-bond donors (Lipinski definition) is 1. The van der Waals surface area contributed by atoms with Gasteiger partial charge in [-0.1, -0.05) is 30.3 Å². The number of carbonyl (C=O) groups is 1. The van der Waals surface area contributed by atoms with Crippen molar-refractivity contribution in [2.24, 2.45) is 0 Å². The quantitative estimate of drug-likeness (QED) is 0.525. The molecule has 8 heteroatoms. The molecule has 0 fully saturated rings. The van der Waals surface area contributed by atoms with Gasteiger partial charge in [-0.05, 0) is 44.0 Å². The van der Waals surface area contributed by atoms with Crippen LogP contribution in [-0.2, 0) is 17.8 Å². The summed E-state index contributed by atoms with van der Waals surface area (Å²) in [5.41, 5.74) is 3.72. The lowest BCUT2D eigenvalue weighted by Gasteiger charge is -2.06. The zero-order chi connectivity index (χ0) is 20.2. The van der Waals surface area contributed by atoms with Crippen molar-refractivity contribution in [1.82, 2.24) is 34.9 Å². The average Bonchev–Trinajstić information content (AvgIpc) is 3.29. The fraction of sp³-hybridized carbons (Fsp3) is 0.286. The lowest BCUT2D eigenvalue weighted by molar-refractivity contribution is -0.121. The Hall–Kier alpha value is -3.55. The Morgan fingerprint density at radius 1 is 1.03 bits per heavy atom. The van der Waals surface area contributed by atoms with E-state index in [2.05, 4.69) is 25.7 Å². The van der Waals surface area contributed by atoms with Gasteiger partial charge >= 0.3 is 0 Å². The van der Waals surface area contributed by atoms with Gasteiger partial charge in [-0.2, -0.15) is 9.61 Å². The van der Waals surface area contributed by atoms with E-state index < -0.39 is 0 Å². The molecule has 148 valence electrons. The maximum atomic E-state index is 12.1. The molecule has 29 heavy (non-hydrogen) atoms. The summed E-state index contributed by atoms with van der Waals surface area (Å²) in [5, 5.41) is 20.5. The van der Waals surface area contributed by atoms with Crippen LogP contribution in [0.4, 0.5) is 0 Å². The average molecular weight is 389 g/mol. The monoisotopic (exact) mass is 389 g/mol. The Labute approximate surface area is 168 Å². The molecule has 3 heterocycles. The second-order valence-corrected chi connectivity index (χ2v) is 7.03. The number of hydrogen-bond acceptors (Lipinski definition) is 5.